The molecule has 1 rings (SSSR count). The van der Waals surface area contributed by atoms with E-state index in [9.17, 15) is 8.78 Å². The number of nitrogens with two attached hydrogens (primary N) is 2. The summed E-state index contributed by atoms with van der Waals surface area (Å²) in [6, 6.07) is 1.43. The molecule has 4 N–H and O–H groups in total. The summed E-state index contributed by atoms with van der Waals surface area (Å²) in [6.07, 6.45) is 0. The number of rotatable bonds is 1. The zero-order valence-corrected chi connectivity index (χ0v) is 6.64. The summed E-state index contributed by atoms with van der Waals surface area (Å²) in [4.78, 5) is 0. The molecule has 1 aromatic rings. The molecule has 0 aliphatic heterocycles. The van der Waals surface area contributed by atoms with Gasteiger partial charge in [-0.05, 0) is 13.0 Å². The second-order valence-electron chi connectivity index (χ2n) is 2.68. The molecule has 1 aromatic carbocycles. The van der Waals surface area contributed by atoms with Crippen LogP contribution in [-0.2, 0) is 0 Å². The van der Waals surface area contributed by atoms with E-state index in [1.54, 1.807) is 6.92 Å². The first-order valence-corrected chi connectivity index (χ1v) is 3.52. The Balaban J connectivity index is 3.23. The first kappa shape index (κ1) is 8.93. The first-order chi connectivity index (χ1) is 5.52. The lowest BCUT2D eigenvalue weighted by molar-refractivity contribution is 0.575. The molecule has 0 saturated heterocycles. The van der Waals surface area contributed by atoms with Gasteiger partial charge in [0, 0.05) is 17.7 Å². The predicted octanol–water partition coefficient (Wildman–Crippen LogP) is 1.57. The van der Waals surface area contributed by atoms with Crippen molar-refractivity contribution < 1.29 is 8.78 Å². The summed E-state index contributed by atoms with van der Waals surface area (Å²) in [7, 11) is 0. The van der Waals surface area contributed by atoms with Crippen molar-refractivity contribution in [3.8, 4) is 0 Å². The molecule has 0 spiro atoms. The van der Waals surface area contributed by atoms with Gasteiger partial charge in [-0.25, -0.2) is 8.78 Å². The molecule has 1 atom stereocenters. The van der Waals surface area contributed by atoms with E-state index in [1.165, 1.54) is 0 Å². The third-order valence-electron chi connectivity index (χ3n) is 1.61. The number of benzene rings is 1. The lowest BCUT2D eigenvalue weighted by atomic mass is 10.1. The highest BCUT2D eigenvalue weighted by Crippen LogP contribution is 2.20. The standard InChI is InChI=1S/C8H10F2N2/c1-4(11)5-2-7(10)8(12)3-6(5)9/h2-4H,11-12H2,1H3/t4-/m1/s1. The smallest absolute Gasteiger partial charge is 0.146 e. The summed E-state index contributed by atoms with van der Waals surface area (Å²) < 4.78 is 25.7. The van der Waals surface area contributed by atoms with Crippen LogP contribution in [0.15, 0.2) is 12.1 Å². The lowest BCUT2D eigenvalue weighted by Crippen LogP contribution is -2.08. The van der Waals surface area contributed by atoms with E-state index in [2.05, 4.69) is 0 Å². The predicted molar refractivity (Wildman–Crippen MR) is 43.4 cm³/mol. The van der Waals surface area contributed by atoms with Crippen LogP contribution in [0.3, 0.4) is 0 Å². The van der Waals surface area contributed by atoms with E-state index in [-0.39, 0.29) is 11.3 Å². The topological polar surface area (TPSA) is 52.0 Å². The minimum atomic E-state index is -0.635. The van der Waals surface area contributed by atoms with Crippen molar-refractivity contribution in [1.82, 2.24) is 0 Å². The molecule has 0 aliphatic rings. The minimum absolute atomic E-state index is 0.140. The Labute approximate surface area is 69.2 Å². The summed E-state index contributed by atoms with van der Waals surface area (Å²) in [5.41, 5.74) is 10.5. The van der Waals surface area contributed by atoms with Crippen molar-refractivity contribution in [3.63, 3.8) is 0 Å². The monoisotopic (exact) mass is 172 g/mol. The number of hydrogen-bond acceptors (Lipinski definition) is 2. The van der Waals surface area contributed by atoms with Crippen molar-refractivity contribution in [2.24, 2.45) is 5.73 Å². The molecule has 0 aliphatic carbocycles. The summed E-state index contributed by atoms with van der Waals surface area (Å²) in [5, 5.41) is 0. The van der Waals surface area contributed by atoms with Crippen LogP contribution >= 0.6 is 0 Å². The molecule has 12 heavy (non-hydrogen) atoms. The molecule has 0 amide bonds. The van der Waals surface area contributed by atoms with E-state index in [0.717, 1.165) is 12.1 Å². The van der Waals surface area contributed by atoms with E-state index in [4.69, 9.17) is 11.5 Å². The van der Waals surface area contributed by atoms with Crippen LogP contribution in [0.1, 0.15) is 18.5 Å². The molecule has 4 heteroatoms. The van der Waals surface area contributed by atoms with Gasteiger partial charge >= 0.3 is 0 Å². The molecular weight excluding hydrogens is 162 g/mol. The van der Waals surface area contributed by atoms with Gasteiger partial charge in [0.1, 0.15) is 11.6 Å². The van der Waals surface area contributed by atoms with Gasteiger partial charge in [-0.15, -0.1) is 0 Å². The maximum atomic E-state index is 13.0. The van der Waals surface area contributed by atoms with Crippen molar-refractivity contribution in [1.29, 1.82) is 0 Å². The first-order valence-electron chi connectivity index (χ1n) is 3.52. The third kappa shape index (κ3) is 1.53. The van der Waals surface area contributed by atoms with Crippen molar-refractivity contribution >= 4 is 5.69 Å². The highest BCUT2D eigenvalue weighted by molar-refractivity contribution is 5.42. The van der Waals surface area contributed by atoms with E-state index in [1.807, 2.05) is 0 Å². The second-order valence-corrected chi connectivity index (χ2v) is 2.68. The van der Waals surface area contributed by atoms with Gasteiger partial charge in [-0.2, -0.15) is 0 Å². The fourth-order valence-corrected chi connectivity index (χ4v) is 0.927. The van der Waals surface area contributed by atoms with E-state index in [0.29, 0.717) is 0 Å². The van der Waals surface area contributed by atoms with Gasteiger partial charge in [0.05, 0.1) is 5.69 Å². The molecule has 2 nitrogen and oxygen atoms in total. The van der Waals surface area contributed by atoms with E-state index < -0.39 is 17.7 Å². The van der Waals surface area contributed by atoms with Gasteiger partial charge in [0.2, 0.25) is 0 Å². The third-order valence-corrected chi connectivity index (χ3v) is 1.61. The Morgan fingerprint density at radius 3 is 2.33 bits per heavy atom. The van der Waals surface area contributed by atoms with Gasteiger partial charge < -0.3 is 11.5 Å². The number of hydrogen-bond donors (Lipinski definition) is 2. The Hall–Kier alpha value is -1.16. The van der Waals surface area contributed by atoms with Crippen LogP contribution in [0, 0.1) is 11.6 Å². The van der Waals surface area contributed by atoms with Gasteiger partial charge in [0.15, 0.2) is 0 Å². The Morgan fingerprint density at radius 1 is 1.25 bits per heavy atom. The number of nitrogen functional groups attached to an aromatic ring is 1. The maximum absolute atomic E-state index is 13.0. The normalized spacial score (nSPS) is 13.0. The van der Waals surface area contributed by atoms with Crippen LogP contribution in [0.2, 0.25) is 0 Å². The van der Waals surface area contributed by atoms with Crippen LogP contribution in [0.4, 0.5) is 14.5 Å². The molecular formula is C8H10F2N2. The Morgan fingerprint density at radius 2 is 1.83 bits per heavy atom. The second kappa shape index (κ2) is 3.06. The van der Waals surface area contributed by atoms with Gasteiger partial charge in [-0.3, -0.25) is 0 Å². The van der Waals surface area contributed by atoms with Crippen molar-refractivity contribution in [3.05, 3.63) is 29.3 Å². The van der Waals surface area contributed by atoms with Crippen LogP contribution in [0.5, 0.6) is 0 Å². The maximum Gasteiger partial charge on any atom is 0.146 e. The summed E-state index contributed by atoms with van der Waals surface area (Å²) in [6.45, 7) is 1.58. The molecule has 0 fully saturated rings. The molecule has 0 radical (unpaired) electrons. The van der Waals surface area contributed by atoms with Gasteiger partial charge in [0.25, 0.3) is 0 Å². The Kier molecular flexibility index (Phi) is 2.28. The molecule has 0 heterocycles. The summed E-state index contributed by atoms with van der Waals surface area (Å²) in [5.74, 6) is -1.20. The molecule has 66 valence electrons. The van der Waals surface area contributed by atoms with E-state index >= 15 is 0 Å². The van der Waals surface area contributed by atoms with Crippen molar-refractivity contribution in [2.75, 3.05) is 5.73 Å². The number of halogens is 2. The largest absolute Gasteiger partial charge is 0.396 e. The zero-order valence-electron chi connectivity index (χ0n) is 6.64. The fourth-order valence-electron chi connectivity index (χ4n) is 0.927. The van der Waals surface area contributed by atoms with Crippen LogP contribution in [-0.4, -0.2) is 0 Å². The quantitative estimate of drug-likeness (QED) is 0.631. The minimum Gasteiger partial charge on any atom is -0.396 e. The molecule has 0 bridgehead atoms. The van der Waals surface area contributed by atoms with Crippen LogP contribution in [0.25, 0.3) is 0 Å². The molecule has 0 saturated carbocycles. The lowest BCUT2D eigenvalue weighted by Gasteiger charge is -2.07. The SMILES string of the molecule is C[C@@H](N)c1cc(F)c(N)cc1F. The van der Waals surface area contributed by atoms with Crippen LogP contribution < -0.4 is 11.5 Å². The molecule has 0 unspecified atom stereocenters. The zero-order chi connectivity index (χ0) is 9.30. The fraction of sp³-hybridized carbons (Fsp3) is 0.250. The highest BCUT2D eigenvalue weighted by atomic mass is 19.1. The average molecular weight is 172 g/mol. The Bertz CT molecular complexity index is 297. The summed E-state index contributed by atoms with van der Waals surface area (Å²) >= 11 is 0. The van der Waals surface area contributed by atoms with Crippen molar-refractivity contribution in [2.45, 2.75) is 13.0 Å². The number of anilines is 1. The highest BCUT2D eigenvalue weighted by Gasteiger charge is 2.10. The average Bonchev–Trinajstić information content (AvgIpc) is 1.96. The molecule has 0 aromatic heterocycles. The van der Waals surface area contributed by atoms with Gasteiger partial charge in [-0.1, -0.05) is 0 Å².